The van der Waals surface area contributed by atoms with Crippen molar-refractivity contribution in [3.8, 4) is 0 Å². The van der Waals surface area contributed by atoms with Crippen molar-refractivity contribution < 1.29 is 14.6 Å². The van der Waals surface area contributed by atoms with Gasteiger partial charge in [0.25, 0.3) is 5.91 Å². The third-order valence-electron chi connectivity index (χ3n) is 4.76. The van der Waals surface area contributed by atoms with Crippen LogP contribution >= 0.6 is 0 Å². The van der Waals surface area contributed by atoms with E-state index >= 15 is 0 Å². The Balaban J connectivity index is 1.85. The molecule has 0 aliphatic heterocycles. The fraction of sp³-hybridized carbons (Fsp3) is 0.316. The number of nitrogens with two attached hydrogens (primary N) is 3. The minimum atomic E-state index is -0.711. The highest BCUT2D eigenvalue weighted by Gasteiger charge is 2.23. The second-order valence-corrected chi connectivity index (χ2v) is 7.01. The summed E-state index contributed by atoms with van der Waals surface area (Å²) >= 11 is 0. The number of quaternary nitrogens is 1. The monoisotopic (exact) mass is 414 g/mol. The van der Waals surface area contributed by atoms with Gasteiger partial charge in [-0.3, -0.25) is 4.79 Å². The summed E-state index contributed by atoms with van der Waals surface area (Å²) < 4.78 is 14.0. The van der Waals surface area contributed by atoms with E-state index in [1.165, 1.54) is 30.0 Å². The molecule has 10 nitrogen and oxygen atoms in total. The number of anilines is 3. The molecular formula is C19H25FN9O+. The van der Waals surface area contributed by atoms with Crippen molar-refractivity contribution in [3.63, 3.8) is 0 Å². The molecule has 0 saturated heterocycles. The molecule has 0 bridgehead atoms. The number of primary amides is 1. The molecule has 0 radical (unpaired) electrons. The number of amides is 1. The maximum absolute atomic E-state index is 14.0. The number of nitrogens with one attached hydrogen (secondary N) is 3. The Morgan fingerprint density at radius 1 is 1.33 bits per heavy atom. The first-order valence-electron chi connectivity index (χ1n) is 9.58. The zero-order valence-corrected chi connectivity index (χ0v) is 16.3. The number of hydrogen-bond donors (Lipinski definition) is 6. The molecule has 2 atom stereocenters. The van der Waals surface area contributed by atoms with Gasteiger partial charge < -0.3 is 27.5 Å². The van der Waals surface area contributed by atoms with Gasteiger partial charge in [-0.05, 0) is 18.9 Å². The van der Waals surface area contributed by atoms with Crippen molar-refractivity contribution >= 4 is 41.5 Å². The van der Waals surface area contributed by atoms with Crippen molar-refractivity contribution in [2.75, 3.05) is 10.6 Å². The zero-order chi connectivity index (χ0) is 21.5. The van der Waals surface area contributed by atoms with Crippen LogP contribution < -0.4 is 27.5 Å². The van der Waals surface area contributed by atoms with Gasteiger partial charge in [-0.15, -0.1) is 0 Å². The van der Waals surface area contributed by atoms with Crippen LogP contribution in [-0.2, 0) is 0 Å². The van der Waals surface area contributed by atoms with Crippen LogP contribution in [0.25, 0.3) is 0 Å². The maximum Gasteiger partial charge on any atom is 0.254 e. The number of carbonyl (C=O) groups excluding carboxylic acids is 1. The first-order valence-corrected chi connectivity index (χ1v) is 9.58. The molecule has 1 amide bonds. The highest BCUT2D eigenvalue weighted by atomic mass is 19.1. The van der Waals surface area contributed by atoms with E-state index in [0.29, 0.717) is 17.3 Å². The van der Waals surface area contributed by atoms with Crippen LogP contribution in [0.15, 0.2) is 29.5 Å². The van der Waals surface area contributed by atoms with Crippen LogP contribution in [0.2, 0.25) is 0 Å². The molecule has 1 fully saturated rings. The van der Waals surface area contributed by atoms with Gasteiger partial charge in [-0.25, -0.2) is 9.37 Å². The van der Waals surface area contributed by atoms with Crippen LogP contribution in [0.1, 0.15) is 36.0 Å². The Morgan fingerprint density at radius 2 is 2.13 bits per heavy atom. The highest BCUT2D eigenvalue weighted by Crippen LogP contribution is 2.24. The third-order valence-corrected chi connectivity index (χ3v) is 4.76. The molecule has 1 aliphatic rings. The van der Waals surface area contributed by atoms with E-state index in [1.807, 2.05) is 0 Å². The van der Waals surface area contributed by atoms with Gasteiger partial charge >= 0.3 is 0 Å². The molecule has 158 valence electrons. The molecule has 9 N–H and O–H groups in total. The zero-order valence-electron chi connectivity index (χ0n) is 16.3. The number of rotatable bonds is 8. The van der Waals surface area contributed by atoms with Gasteiger partial charge in [0.15, 0.2) is 5.69 Å². The molecular weight excluding hydrogens is 389 g/mol. The van der Waals surface area contributed by atoms with Crippen molar-refractivity contribution in [1.82, 2.24) is 9.97 Å². The number of benzene rings is 1. The molecule has 3 rings (SSSR count). The molecule has 1 heterocycles. The van der Waals surface area contributed by atoms with E-state index in [4.69, 9.17) is 16.9 Å². The molecule has 1 aromatic carbocycles. The molecule has 1 aromatic heterocycles. The van der Waals surface area contributed by atoms with E-state index in [9.17, 15) is 9.18 Å². The predicted molar refractivity (Wildman–Crippen MR) is 113 cm³/mol. The van der Waals surface area contributed by atoms with E-state index in [-0.39, 0.29) is 23.5 Å². The largest absolute Gasteiger partial charge is 0.365 e. The van der Waals surface area contributed by atoms with Crippen LogP contribution in [0, 0.1) is 11.2 Å². The van der Waals surface area contributed by atoms with Crippen LogP contribution in [0.4, 0.5) is 27.5 Å². The summed E-state index contributed by atoms with van der Waals surface area (Å²) in [6.45, 7) is 0. The molecule has 0 spiro atoms. The fourth-order valence-corrected chi connectivity index (χ4v) is 3.30. The lowest BCUT2D eigenvalue weighted by Crippen LogP contribution is -2.71. The van der Waals surface area contributed by atoms with E-state index in [0.717, 1.165) is 31.9 Å². The SMILES string of the molecule is N=C/C=N\[NH2+]c1cc(F)cc(Nc2nc(N[C@@H]3CCCC[C@@H]3N)ncc2C(N)=O)c1. The first kappa shape index (κ1) is 21.3. The number of carbonyl (C=O) groups is 1. The average molecular weight is 414 g/mol. The number of nitrogens with zero attached hydrogens (tertiary/aromatic N) is 3. The highest BCUT2D eigenvalue weighted by molar-refractivity contribution is 6.14. The summed E-state index contributed by atoms with van der Waals surface area (Å²) in [5, 5.41) is 17.0. The topological polar surface area (TPSA) is 172 Å². The number of halogens is 1. The molecule has 30 heavy (non-hydrogen) atoms. The summed E-state index contributed by atoms with van der Waals surface area (Å²) in [6, 6.07) is 4.21. The van der Waals surface area contributed by atoms with Gasteiger partial charge in [0, 0.05) is 42.3 Å². The Kier molecular flexibility index (Phi) is 6.99. The second kappa shape index (κ2) is 9.85. The first-order chi connectivity index (χ1) is 14.5. The smallest absolute Gasteiger partial charge is 0.254 e. The standard InChI is InChI=1S/C19H24FN9O/c20-11-7-12(9-13(8-11)29-25-6-5-21)26-18-14(17(23)30)10-24-19(28-18)27-16-4-2-1-3-15(16)22/h5-10,15-16,21,29H,1-4,22H2,(H2,23,30)(H2,24,26,27,28)/p+1/b21-5?,25-6-/t15-,16+/m0/s1. The quantitative estimate of drug-likeness (QED) is 0.162. The van der Waals surface area contributed by atoms with E-state index < -0.39 is 11.7 Å². The van der Waals surface area contributed by atoms with Crippen molar-refractivity contribution in [2.45, 2.75) is 37.8 Å². The average Bonchev–Trinajstić information content (AvgIpc) is 2.69. The summed E-state index contributed by atoms with van der Waals surface area (Å²) in [5.74, 6) is -0.748. The lowest BCUT2D eigenvalue weighted by Gasteiger charge is -2.29. The van der Waals surface area contributed by atoms with Crippen molar-refractivity contribution in [3.05, 3.63) is 35.8 Å². The van der Waals surface area contributed by atoms with Gasteiger partial charge in [0.05, 0.1) is 0 Å². The van der Waals surface area contributed by atoms with Crippen LogP contribution in [0.5, 0.6) is 0 Å². The Hall–Kier alpha value is -3.44. The normalized spacial score (nSPS) is 18.9. The summed E-state index contributed by atoms with van der Waals surface area (Å²) in [6.07, 6.45) is 7.60. The Bertz CT molecular complexity index is 950. The van der Waals surface area contributed by atoms with Crippen LogP contribution in [0.3, 0.4) is 0 Å². The molecule has 1 saturated carbocycles. The van der Waals surface area contributed by atoms with Crippen molar-refractivity contribution in [1.29, 1.82) is 5.41 Å². The van der Waals surface area contributed by atoms with E-state index in [2.05, 4.69) is 25.7 Å². The maximum atomic E-state index is 14.0. The van der Waals surface area contributed by atoms with Gasteiger partial charge in [0.2, 0.25) is 5.95 Å². The molecule has 2 aromatic rings. The predicted octanol–water partition coefficient (Wildman–Crippen LogP) is 0.970. The van der Waals surface area contributed by atoms with Crippen LogP contribution in [-0.4, -0.2) is 40.4 Å². The summed E-state index contributed by atoms with van der Waals surface area (Å²) in [5.41, 5.74) is 13.9. The lowest BCUT2D eigenvalue weighted by atomic mass is 9.91. The van der Waals surface area contributed by atoms with Gasteiger partial charge in [-0.1, -0.05) is 17.9 Å². The molecule has 1 aliphatic carbocycles. The minimum absolute atomic E-state index is 0.00240. The molecule has 11 heteroatoms. The third kappa shape index (κ3) is 5.55. The fourth-order valence-electron chi connectivity index (χ4n) is 3.30. The van der Waals surface area contributed by atoms with Gasteiger partial charge in [0.1, 0.15) is 23.4 Å². The van der Waals surface area contributed by atoms with Crippen molar-refractivity contribution in [2.24, 2.45) is 16.6 Å². The summed E-state index contributed by atoms with van der Waals surface area (Å²) in [4.78, 5) is 20.4. The Labute approximate surface area is 172 Å². The number of hydrogen-bond acceptors (Lipinski definition) is 8. The Morgan fingerprint density at radius 3 is 2.87 bits per heavy atom. The van der Waals surface area contributed by atoms with Gasteiger partial charge in [-0.2, -0.15) is 10.4 Å². The summed E-state index contributed by atoms with van der Waals surface area (Å²) in [7, 11) is 0. The number of aromatic nitrogens is 2. The lowest BCUT2D eigenvalue weighted by molar-refractivity contribution is -0.576. The van der Waals surface area contributed by atoms with E-state index in [1.54, 1.807) is 6.07 Å². The minimum Gasteiger partial charge on any atom is -0.365 e. The second-order valence-electron chi connectivity index (χ2n) is 7.01. The molecule has 0 unspecified atom stereocenters.